The van der Waals surface area contributed by atoms with Crippen molar-refractivity contribution in [2.75, 3.05) is 11.9 Å². The minimum absolute atomic E-state index is 0.242. The number of benzene rings is 1. The Kier molecular flexibility index (Phi) is 2.97. The second kappa shape index (κ2) is 4.04. The number of anilines is 1. The molecule has 0 saturated carbocycles. The third kappa shape index (κ3) is 2.20. The quantitative estimate of drug-likeness (QED) is 0.706. The van der Waals surface area contributed by atoms with Crippen LogP contribution in [0.5, 0.6) is 0 Å². The van der Waals surface area contributed by atoms with Crippen molar-refractivity contribution in [3.63, 3.8) is 0 Å². The first-order valence-electron chi connectivity index (χ1n) is 6.67. The molecule has 0 spiro atoms. The zero-order valence-corrected chi connectivity index (χ0v) is 12.0. The molecule has 0 aromatic heterocycles. The monoisotopic (exact) mass is 231 g/mol. The van der Waals surface area contributed by atoms with Crippen molar-refractivity contribution >= 4 is 5.69 Å². The van der Waals surface area contributed by atoms with Gasteiger partial charge in [-0.2, -0.15) is 0 Å². The highest BCUT2D eigenvalue weighted by molar-refractivity contribution is 5.61. The number of rotatable bonds is 1. The second-order valence-corrected chi connectivity index (χ2v) is 6.72. The number of nitrogens with zero attached hydrogens (tertiary/aromatic N) is 1. The van der Waals surface area contributed by atoms with Gasteiger partial charge in [-0.15, -0.1) is 0 Å². The Morgan fingerprint density at radius 3 is 2.41 bits per heavy atom. The average molecular weight is 231 g/mol. The number of hydrogen-bond donors (Lipinski definition) is 0. The summed E-state index contributed by atoms with van der Waals surface area (Å²) in [6, 6.07) is 7.68. The van der Waals surface area contributed by atoms with Crippen LogP contribution in [0.15, 0.2) is 18.2 Å². The molecule has 1 heteroatoms. The smallest absolute Gasteiger partial charge is 0.0402 e. The minimum Gasteiger partial charge on any atom is -0.371 e. The lowest BCUT2D eigenvalue weighted by Gasteiger charge is -2.27. The highest BCUT2D eigenvalue weighted by Crippen LogP contribution is 2.37. The predicted molar refractivity (Wildman–Crippen MR) is 75.9 cm³/mol. The van der Waals surface area contributed by atoms with Crippen LogP contribution in [0, 0.1) is 5.92 Å². The van der Waals surface area contributed by atoms with Gasteiger partial charge in [-0.05, 0) is 34.9 Å². The third-order valence-electron chi connectivity index (χ3n) is 4.03. The zero-order valence-electron chi connectivity index (χ0n) is 12.0. The first kappa shape index (κ1) is 12.5. The summed E-state index contributed by atoms with van der Waals surface area (Å²) in [7, 11) is 2.24. The third-order valence-corrected chi connectivity index (χ3v) is 4.03. The molecular formula is C16H25N. The van der Waals surface area contributed by atoms with Crippen molar-refractivity contribution in [3.05, 3.63) is 29.3 Å². The summed E-state index contributed by atoms with van der Waals surface area (Å²) in [5.74, 6) is 0.713. The molecule has 1 atom stereocenters. The number of fused-ring (bicyclic) bond motifs is 1. The van der Waals surface area contributed by atoms with Gasteiger partial charge in [0.05, 0.1) is 0 Å². The van der Waals surface area contributed by atoms with E-state index in [9.17, 15) is 0 Å². The Morgan fingerprint density at radius 2 is 1.88 bits per heavy atom. The van der Waals surface area contributed by atoms with Crippen LogP contribution < -0.4 is 4.90 Å². The molecular weight excluding hydrogens is 206 g/mol. The van der Waals surface area contributed by atoms with Gasteiger partial charge in [0, 0.05) is 18.8 Å². The highest BCUT2D eigenvalue weighted by Gasteiger charge is 2.29. The predicted octanol–water partition coefficient (Wildman–Crippen LogP) is 4.00. The molecule has 0 aliphatic carbocycles. The highest BCUT2D eigenvalue weighted by atomic mass is 15.2. The molecule has 0 N–H and O–H groups in total. The van der Waals surface area contributed by atoms with E-state index in [1.54, 1.807) is 0 Å². The molecule has 94 valence electrons. The molecule has 0 saturated heterocycles. The maximum atomic E-state index is 2.47. The van der Waals surface area contributed by atoms with E-state index in [0.29, 0.717) is 12.0 Å². The SMILES string of the molecule is CC(C)C1Cc2ccc(C(C)(C)C)cc2N1C. The van der Waals surface area contributed by atoms with Gasteiger partial charge in [0.25, 0.3) is 0 Å². The molecule has 1 aliphatic heterocycles. The lowest BCUT2D eigenvalue weighted by molar-refractivity contribution is 0.491. The molecule has 0 bridgehead atoms. The standard InChI is InChI=1S/C16H25N/c1-11(2)14-9-12-7-8-13(16(3,4)5)10-15(12)17(14)6/h7-8,10-11,14H,9H2,1-6H3. The zero-order chi connectivity index (χ0) is 12.8. The van der Waals surface area contributed by atoms with Crippen molar-refractivity contribution in [1.29, 1.82) is 0 Å². The van der Waals surface area contributed by atoms with E-state index in [1.807, 2.05) is 0 Å². The summed E-state index contributed by atoms with van der Waals surface area (Å²) < 4.78 is 0. The Bertz CT molecular complexity index is 412. The molecule has 0 fully saturated rings. The van der Waals surface area contributed by atoms with E-state index in [0.717, 1.165) is 0 Å². The summed E-state index contributed by atoms with van der Waals surface area (Å²) in [4.78, 5) is 2.47. The maximum absolute atomic E-state index is 2.47. The average Bonchev–Trinajstić information content (AvgIpc) is 2.54. The van der Waals surface area contributed by atoms with Gasteiger partial charge < -0.3 is 4.90 Å². The van der Waals surface area contributed by atoms with Crippen LogP contribution in [0.4, 0.5) is 5.69 Å². The topological polar surface area (TPSA) is 3.24 Å². The summed E-state index contributed by atoms with van der Waals surface area (Å²) in [6.45, 7) is 11.5. The first-order chi connectivity index (χ1) is 7.80. The molecule has 2 rings (SSSR count). The van der Waals surface area contributed by atoms with Gasteiger partial charge in [0.1, 0.15) is 0 Å². The molecule has 0 amide bonds. The van der Waals surface area contributed by atoms with Crippen molar-refractivity contribution < 1.29 is 0 Å². The van der Waals surface area contributed by atoms with Crippen LogP contribution >= 0.6 is 0 Å². The Morgan fingerprint density at radius 1 is 1.24 bits per heavy atom. The fourth-order valence-electron chi connectivity index (χ4n) is 2.76. The molecule has 1 aliphatic rings. The van der Waals surface area contributed by atoms with Crippen molar-refractivity contribution in [3.8, 4) is 0 Å². The molecule has 1 aromatic carbocycles. The van der Waals surface area contributed by atoms with Crippen LogP contribution in [0.25, 0.3) is 0 Å². The summed E-state index contributed by atoms with van der Waals surface area (Å²) in [6.07, 6.45) is 1.20. The normalized spacial score (nSPS) is 19.9. The minimum atomic E-state index is 0.242. The van der Waals surface area contributed by atoms with Crippen LogP contribution in [0.2, 0.25) is 0 Å². The van der Waals surface area contributed by atoms with E-state index in [2.05, 4.69) is 64.8 Å². The van der Waals surface area contributed by atoms with E-state index in [-0.39, 0.29) is 5.41 Å². The van der Waals surface area contributed by atoms with Crippen LogP contribution in [-0.2, 0) is 11.8 Å². The molecule has 1 aromatic rings. The molecule has 1 unspecified atom stereocenters. The van der Waals surface area contributed by atoms with Crippen molar-refractivity contribution in [2.45, 2.75) is 52.5 Å². The van der Waals surface area contributed by atoms with E-state index >= 15 is 0 Å². The fraction of sp³-hybridized carbons (Fsp3) is 0.625. The summed E-state index contributed by atoms with van der Waals surface area (Å²) in [5.41, 5.74) is 4.63. The molecule has 0 radical (unpaired) electrons. The lowest BCUT2D eigenvalue weighted by Crippen LogP contribution is -2.32. The Labute approximate surface area is 106 Å². The fourth-order valence-corrected chi connectivity index (χ4v) is 2.76. The number of likely N-dealkylation sites (N-methyl/N-ethyl adjacent to an activating group) is 1. The van der Waals surface area contributed by atoms with E-state index in [1.165, 1.54) is 23.2 Å². The first-order valence-corrected chi connectivity index (χ1v) is 6.67. The molecule has 1 heterocycles. The van der Waals surface area contributed by atoms with Gasteiger partial charge in [-0.3, -0.25) is 0 Å². The van der Waals surface area contributed by atoms with Crippen molar-refractivity contribution in [2.24, 2.45) is 5.92 Å². The van der Waals surface area contributed by atoms with Gasteiger partial charge in [-0.1, -0.05) is 46.8 Å². The summed E-state index contributed by atoms with van der Waals surface area (Å²) >= 11 is 0. The lowest BCUT2D eigenvalue weighted by atomic mass is 9.86. The van der Waals surface area contributed by atoms with Gasteiger partial charge in [-0.25, -0.2) is 0 Å². The van der Waals surface area contributed by atoms with Crippen LogP contribution in [-0.4, -0.2) is 13.1 Å². The Balaban J connectivity index is 2.38. The Hall–Kier alpha value is -0.980. The molecule has 17 heavy (non-hydrogen) atoms. The number of hydrogen-bond acceptors (Lipinski definition) is 1. The van der Waals surface area contributed by atoms with Gasteiger partial charge in [0.2, 0.25) is 0 Å². The van der Waals surface area contributed by atoms with E-state index < -0.39 is 0 Å². The largest absolute Gasteiger partial charge is 0.371 e. The van der Waals surface area contributed by atoms with Crippen LogP contribution in [0.1, 0.15) is 45.7 Å². The van der Waals surface area contributed by atoms with Gasteiger partial charge >= 0.3 is 0 Å². The van der Waals surface area contributed by atoms with Crippen molar-refractivity contribution in [1.82, 2.24) is 0 Å². The van der Waals surface area contributed by atoms with Gasteiger partial charge in [0.15, 0.2) is 0 Å². The molecule has 1 nitrogen and oxygen atoms in total. The maximum Gasteiger partial charge on any atom is 0.0402 e. The van der Waals surface area contributed by atoms with E-state index in [4.69, 9.17) is 0 Å². The summed E-state index contributed by atoms with van der Waals surface area (Å²) in [5, 5.41) is 0. The second-order valence-electron chi connectivity index (χ2n) is 6.72. The van der Waals surface area contributed by atoms with Crippen LogP contribution in [0.3, 0.4) is 0 Å².